The molecule has 0 N–H and O–H groups in total. The summed E-state index contributed by atoms with van der Waals surface area (Å²) in [4.78, 5) is 4.34. The second kappa shape index (κ2) is 4.66. The summed E-state index contributed by atoms with van der Waals surface area (Å²) in [5.41, 5.74) is 3.58. The third kappa shape index (κ3) is 2.09. The number of rotatable bonds is 3. The zero-order valence-corrected chi connectivity index (χ0v) is 10.6. The van der Waals surface area contributed by atoms with Crippen LogP contribution in [0.2, 0.25) is 0 Å². The quantitative estimate of drug-likeness (QED) is 0.804. The molecule has 1 aromatic carbocycles. The molecule has 3 heteroatoms. The molecule has 0 aliphatic rings. The first kappa shape index (κ1) is 11.1. The van der Waals surface area contributed by atoms with Crippen molar-refractivity contribution in [3.8, 4) is 16.3 Å². The fourth-order valence-electron chi connectivity index (χ4n) is 1.69. The first-order valence-electron chi connectivity index (χ1n) is 5.36. The Kier molecular flexibility index (Phi) is 3.25. The highest BCUT2D eigenvalue weighted by atomic mass is 32.1. The number of benzene rings is 1. The molecule has 0 radical (unpaired) electrons. The van der Waals surface area contributed by atoms with E-state index in [0.29, 0.717) is 6.61 Å². The molecule has 84 valence electrons. The molecular formula is C13H15NOS. The van der Waals surface area contributed by atoms with E-state index >= 15 is 0 Å². The SMILES string of the molecule is CCOc1cc(C)c(-c2nccs2)cc1C. The van der Waals surface area contributed by atoms with Crippen LogP contribution >= 0.6 is 11.3 Å². The summed E-state index contributed by atoms with van der Waals surface area (Å²) in [7, 11) is 0. The summed E-state index contributed by atoms with van der Waals surface area (Å²) in [5.74, 6) is 0.973. The first-order valence-corrected chi connectivity index (χ1v) is 6.24. The van der Waals surface area contributed by atoms with Crippen molar-refractivity contribution >= 4 is 11.3 Å². The van der Waals surface area contributed by atoms with Gasteiger partial charge in [-0.1, -0.05) is 0 Å². The van der Waals surface area contributed by atoms with E-state index in [1.54, 1.807) is 11.3 Å². The zero-order chi connectivity index (χ0) is 11.5. The second-order valence-corrected chi connectivity index (χ2v) is 4.60. The monoisotopic (exact) mass is 233 g/mol. The fraction of sp³-hybridized carbons (Fsp3) is 0.308. The average molecular weight is 233 g/mol. The summed E-state index contributed by atoms with van der Waals surface area (Å²) >= 11 is 1.67. The number of aryl methyl sites for hydroxylation is 2. The van der Waals surface area contributed by atoms with Gasteiger partial charge in [-0.25, -0.2) is 4.98 Å². The number of hydrogen-bond donors (Lipinski definition) is 0. The predicted octanol–water partition coefficient (Wildman–Crippen LogP) is 3.83. The van der Waals surface area contributed by atoms with Crippen LogP contribution in [0.5, 0.6) is 5.75 Å². The van der Waals surface area contributed by atoms with Gasteiger partial charge in [-0.3, -0.25) is 0 Å². The van der Waals surface area contributed by atoms with Gasteiger partial charge >= 0.3 is 0 Å². The van der Waals surface area contributed by atoms with E-state index in [1.807, 2.05) is 18.5 Å². The van der Waals surface area contributed by atoms with Crippen LogP contribution in [0.4, 0.5) is 0 Å². The van der Waals surface area contributed by atoms with Gasteiger partial charge < -0.3 is 4.74 Å². The molecule has 0 spiro atoms. The van der Waals surface area contributed by atoms with Crippen LogP contribution in [0.3, 0.4) is 0 Å². The Morgan fingerprint density at radius 3 is 2.69 bits per heavy atom. The Labute approximate surface area is 99.9 Å². The molecule has 2 rings (SSSR count). The minimum atomic E-state index is 0.705. The Hall–Kier alpha value is -1.35. The second-order valence-electron chi connectivity index (χ2n) is 3.70. The highest BCUT2D eigenvalue weighted by molar-refractivity contribution is 7.13. The Morgan fingerprint density at radius 1 is 1.25 bits per heavy atom. The van der Waals surface area contributed by atoms with Crippen molar-refractivity contribution in [2.24, 2.45) is 0 Å². The maximum Gasteiger partial charge on any atom is 0.123 e. The lowest BCUT2D eigenvalue weighted by molar-refractivity contribution is 0.337. The summed E-state index contributed by atoms with van der Waals surface area (Å²) in [6, 6.07) is 4.24. The van der Waals surface area contributed by atoms with Crippen molar-refractivity contribution in [2.75, 3.05) is 6.61 Å². The van der Waals surface area contributed by atoms with Gasteiger partial charge in [0, 0.05) is 17.1 Å². The van der Waals surface area contributed by atoms with Gasteiger partial charge in [0.15, 0.2) is 0 Å². The predicted molar refractivity (Wildman–Crippen MR) is 68.2 cm³/mol. The van der Waals surface area contributed by atoms with Gasteiger partial charge in [-0.05, 0) is 44.0 Å². The lowest BCUT2D eigenvalue weighted by Gasteiger charge is -2.10. The molecule has 0 saturated carbocycles. The fourth-order valence-corrected chi connectivity index (χ4v) is 2.41. The number of hydrogen-bond acceptors (Lipinski definition) is 3. The van der Waals surface area contributed by atoms with Gasteiger partial charge in [0.25, 0.3) is 0 Å². The van der Waals surface area contributed by atoms with E-state index in [-0.39, 0.29) is 0 Å². The van der Waals surface area contributed by atoms with Crippen molar-refractivity contribution in [3.05, 3.63) is 34.8 Å². The van der Waals surface area contributed by atoms with E-state index in [1.165, 1.54) is 11.1 Å². The average Bonchev–Trinajstić information content (AvgIpc) is 2.76. The molecule has 1 heterocycles. The third-order valence-corrected chi connectivity index (χ3v) is 3.29. The van der Waals surface area contributed by atoms with Crippen molar-refractivity contribution in [1.82, 2.24) is 4.98 Å². The summed E-state index contributed by atoms with van der Waals surface area (Å²) in [5, 5.41) is 3.07. The van der Waals surface area contributed by atoms with E-state index in [0.717, 1.165) is 16.3 Å². The maximum atomic E-state index is 5.57. The van der Waals surface area contributed by atoms with Crippen LogP contribution in [-0.2, 0) is 0 Å². The van der Waals surface area contributed by atoms with Crippen LogP contribution < -0.4 is 4.74 Å². The molecule has 0 aliphatic heterocycles. The molecule has 2 nitrogen and oxygen atoms in total. The Balaban J connectivity index is 2.46. The van der Waals surface area contributed by atoms with E-state index in [4.69, 9.17) is 4.74 Å². The number of ether oxygens (including phenoxy) is 1. The molecule has 0 unspecified atom stereocenters. The summed E-state index contributed by atoms with van der Waals surface area (Å²) in [6.45, 7) is 6.88. The third-order valence-electron chi connectivity index (χ3n) is 2.48. The molecule has 0 bridgehead atoms. The molecular weight excluding hydrogens is 218 g/mol. The molecule has 0 fully saturated rings. The Bertz CT molecular complexity index is 477. The standard InChI is InChI=1S/C13H15NOS/c1-4-15-12-8-9(2)11(7-10(12)3)13-14-5-6-16-13/h5-8H,4H2,1-3H3. The van der Waals surface area contributed by atoms with Crippen molar-refractivity contribution < 1.29 is 4.74 Å². The molecule has 0 atom stereocenters. The van der Waals surface area contributed by atoms with Crippen molar-refractivity contribution in [3.63, 3.8) is 0 Å². The summed E-state index contributed by atoms with van der Waals surface area (Å²) in [6.07, 6.45) is 1.84. The molecule has 0 amide bonds. The summed E-state index contributed by atoms with van der Waals surface area (Å²) < 4.78 is 5.57. The van der Waals surface area contributed by atoms with E-state index in [2.05, 4.69) is 31.0 Å². The van der Waals surface area contributed by atoms with Gasteiger partial charge in [-0.2, -0.15) is 0 Å². The lowest BCUT2D eigenvalue weighted by atomic mass is 10.1. The first-order chi connectivity index (χ1) is 7.72. The van der Waals surface area contributed by atoms with Gasteiger partial charge in [-0.15, -0.1) is 11.3 Å². The normalized spacial score (nSPS) is 10.4. The van der Waals surface area contributed by atoms with Crippen molar-refractivity contribution in [2.45, 2.75) is 20.8 Å². The molecule has 0 aliphatic carbocycles. The molecule has 2 aromatic rings. The number of nitrogens with zero attached hydrogens (tertiary/aromatic N) is 1. The smallest absolute Gasteiger partial charge is 0.123 e. The lowest BCUT2D eigenvalue weighted by Crippen LogP contribution is -1.95. The minimum Gasteiger partial charge on any atom is -0.494 e. The highest BCUT2D eigenvalue weighted by Gasteiger charge is 2.08. The van der Waals surface area contributed by atoms with Crippen LogP contribution in [0.1, 0.15) is 18.1 Å². The number of thiazole rings is 1. The van der Waals surface area contributed by atoms with Gasteiger partial charge in [0.2, 0.25) is 0 Å². The Morgan fingerprint density at radius 2 is 2.06 bits per heavy atom. The molecule has 16 heavy (non-hydrogen) atoms. The number of aromatic nitrogens is 1. The van der Waals surface area contributed by atoms with Gasteiger partial charge in [0.1, 0.15) is 10.8 Å². The largest absolute Gasteiger partial charge is 0.494 e. The van der Waals surface area contributed by atoms with Crippen LogP contribution in [0.15, 0.2) is 23.7 Å². The molecule has 0 saturated heterocycles. The van der Waals surface area contributed by atoms with Gasteiger partial charge in [0.05, 0.1) is 6.61 Å². The minimum absolute atomic E-state index is 0.705. The van der Waals surface area contributed by atoms with Crippen LogP contribution in [0, 0.1) is 13.8 Å². The van der Waals surface area contributed by atoms with E-state index in [9.17, 15) is 0 Å². The molecule has 1 aromatic heterocycles. The maximum absolute atomic E-state index is 5.57. The zero-order valence-electron chi connectivity index (χ0n) is 9.78. The topological polar surface area (TPSA) is 22.1 Å². The van der Waals surface area contributed by atoms with Crippen molar-refractivity contribution in [1.29, 1.82) is 0 Å². The van der Waals surface area contributed by atoms with Crippen LogP contribution in [-0.4, -0.2) is 11.6 Å². The van der Waals surface area contributed by atoms with E-state index < -0.39 is 0 Å². The highest BCUT2D eigenvalue weighted by Crippen LogP contribution is 2.31. The van der Waals surface area contributed by atoms with Crippen LogP contribution in [0.25, 0.3) is 10.6 Å².